The second-order valence-corrected chi connectivity index (χ2v) is 8.11. The van der Waals surface area contributed by atoms with Crippen LogP contribution >= 0.6 is 0 Å². The number of ether oxygens (including phenoxy) is 1. The number of alkyl carbamates (subject to hydrolysis) is 1. The monoisotopic (exact) mass is 381 g/mol. The Morgan fingerprint density at radius 1 is 1.32 bits per heavy atom. The van der Waals surface area contributed by atoms with Crippen LogP contribution in [0.1, 0.15) is 58.6 Å². The lowest BCUT2D eigenvalue weighted by atomic mass is 9.93. The lowest BCUT2D eigenvalue weighted by Gasteiger charge is -2.21. The molecule has 0 saturated heterocycles. The Bertz CT molecular complexity index is 888. The number of nitrogens with zero attached hydrogens (tertiary/aromatic N) is 1. The molecule has 0 aliphatic carbocycles. The van der Waals surface area contributed by atoms with Crippen molar-refractivity contribution in [3.8, 4) is 11.8 Å². The van der Waals surface area contributed by atoms with E-state index in [9.17, 15) is 4.79 Å². The minimum atomic E-state index is -0.509. The first kappa shape index (κ1) is 21.6. The third-order valence-corrected chi connectivity index (χ3v) is 4.16. The maximum atomic E-state index is 11.9. The summed E-state index contributed by atoms with van der Waals surface area (Å²) in [5.74, 6) is 7.06. The molecular formula is C23H31N3O2. The Kier molecular flexibility index (Phi) is 7.28. The predicted octanol–water partition coefficient (Wildman–Crippen LogP) is 4.67. The van der Waals surface area contributed by atoms with E-state index in [1.807, 2.05) is 39.0 Å². The molecule has 150 valence electrons. The molecule has 0 fully saturated rings. The van der Waals surface area contributed by atoms with Gasteiger partial charge in [-0.15, -0.1) is 0 Å². The average Bonchev–Trinajstić information content (AvgIpc) is 2.61. The van der Waals surface area contributed by atoms with E-state index >= 15 is 0 Å². The third kappa shape index (κ3) is 6.16. The number of carbonyl (C=O) groups is 1. The number of pyridine rings is 1. The van der Waals surface area contributed by atoms with Gasteiger partial charge in [0.25, 0.3) is 0 Å². The molecule has 0 bridgehead atoms. The van der Waals surface area contributed by atoms with E-state index in [2.05, 4.69) is 42.1 Å². The van der Waals surface area contributed by atoms with Gasteiger partial charge in [-0.05, 0) is 51.2 Å². The second-order valence-electron chi connectivity index (χ2n) is 8.11. The van der Waals surface area contributed by atoms with Crippen LogP contribution in [0.25, 0.3) is 10.9 Å². The number of anilines is 1. The minimum Gasteiger partial charge on any atom is -0.444 e. The highest BCUT2D eigenvalue weighted by Gasteiger charge is 2.18. The normalized spacial score (nSPS) is 12.2. The van der Waals surface area contributed by atoms with Crippen LogP contribution in [0.5, 0.6) is 0 Å². The zero-order chi connectivity index (χ0) is 20.7. The molecule has 0 spiro atoms. The zero-order valence-electron chi connectivity index (χ0n) is 17.6. The van der Waals surface area contributed by atoms with E-state index in [4.69, 9.17) is 10.5 Å². The number of fused-ring (bicyclic) bond motifs is 1. The summed E-state index contributed by atoms with van der Waals surface area (Å²) in [5.41, 5.74) is 8.48. The topological polar surface area (TPSA) is 77.2 Å². The largest absolute Gasteiger partial charge is 0.444 e. The summed E-state index contributed by atoms with van der Waals surface area (Å²) in [6.07, 6.45) is 2.15. The van der Waals surface area contributed by atoms with Crippen LogP contribution < -0.4 is 11.1 Å². The Labute approximate surface area is 168 Å². The van der Waals surface area contributed by atoms with Crippen LogP contribution in [0.4, 0.5) is 10.6 Å². The van der Waals surface area contributed by atoms with Crippen LogP contribution in [0, 0.1) is 17.8 Å². The molecule has 1 amide bonds. The van der Waals surface area contributed by atoms with Crippen molar-refractivity contribution >= 4 is 22.8 Å². The molecule has 1 unspecified atom stereocenters. The minimum absolute atomic E-state index is 0.185. The number of hydrogen-bond donors (Lipinski definition) is 2. The number of rotatable bonds is 5. The van der Waals surface area contributed by atoms with Gasteiger partial charge in [0.2, 0.25) is 0 Å². The number of nitrogen functional groups attached to an aromatic ring is 1. The highest BCUT2D eigenvalue weighted by atomic mass is 16.6. The van der Waals surface area contributed by atoms with Crippen molar-refractivity contribution in [1.82, 2.24) is 10.3 Å². The number of nitrogens with one attached hydrogen (secondary N) is 1. The fourth-order valence-corrected chi connectivity index (χ4v) is 2.92. The smallest absolute Gasteiger partial charge is 0.407 e. The van der Waals surface area contributed by atoms with Crippen LogP contribution in [0.3, 0.4) is 0 Å². The van der Waals surface area contributed by atoms with E-state index in [-0.39, 0.29) is 5.92 Å². The Morgan fingerprint density at radius 3 is 2.71 bits per heavy atom. The fraction of sp³-hybridized carbons (Fsp3) is 0.478. The van der Waals surface area contributed by atoms with Gasteiger partial charge in [0, 0.05) is 18.4 Å². The summed E-state index contributed by atoms with van der Waals surface area (Å²) < 4.78 is 5.31. The molecule has 1 aromatic carbocycles. The maximum Gasteiger partial charge on any atom is 0.407 e. The average molecular weight is 382 g/mol. The van der Waals surface area contributed by atoms with Gasteiger partial charge in [-0.25, -0.2) is 9.78 Å². The summed E-state index contributed by atoms with van der Waals surface area (Å²) in [4.78, 5) is 16.5. The molecule has 2 aromatic rings. The van der Waals surface area contributed by atoms with E-state index < -0.39 is 11.7 Å². The highest BCUT2D eigenvalue weighted by molar-refractivity contribution is 5.87. The Morgan fingerprint density at radius 2 is 2.04 bits per heavy atom. The van der Waals surface area contributed by atoms with Crippen molar-refractivity contribution < 1.29 is 9.53 Å². The van der Waals surface area contributed by atoms with Crippen molar-refractivity contribution in [3.05, 3.63) is 35.4 Å². The summed E-state index contributed by atoms with van der Waals surface area (Å²) in [6.45, 7) is 10.2. The van der Waals surface area contributed by atoms with Crippen molar-refractivity contribution in [2.24, 2.45) is 5.92 Å². The van der Waals surface area contributed by atoms with E-state index in [1.165, 1.54) is 0 Å². The fourth-order valence-electron chi connectivity index (χ4n) is 2.92. The van der Waals surface area contributed by atoms with E-state index in [0.29, 0.717) is 12.4 Å². The lowest BCUT2D eigenvalue weighted by Crippen LogP contribution is -2.35. The Balaban J connectivity index is 2.25. The first-order valence-electron chi connectivity index (χ1n) is 9.84. The van der Waals surface area contributed by atoms with Crippen molar-refractivity contribution in [2.75, 3.05) is 12.3 Å². The molecule has 0 radical (unpaired) electrons. The number of unbranched alkanes of at least 4 members (excludes halogenated alkanes) is 1. The molecular weight excluding hydrogens is 350 g/mol. The maximum absolute atomic E-state index is 11.9. The third-order valence-electron chi connectivity index (χ3n) is 4.16. The van der Waals surface area contributed by atoms with Crippen LogP contribution in [-0.2, 0) is 11.2 Å². The molecule has 28 heavy (non-hydrogen) atoms. The van der Waals surface area contributed by atoms with Gasteiger partial charge in [-0.3, -0.25) is 0 Å². The van der Waals surface area contributed by atoms with E-state index in [0.717, 1.165) is 41.3 Å². The zero-order valence-corrected chi connectivity index (χ0v) is 17.6. The van der Waals surface area contributed by atoms with E-state index in [1.54, 1.807) is 0 Å². The molecule has 0 saturated carbocycles. The summed E-state index contributed by atoms with van der Waals surface area (Å²) >= 11 is 0. The summed E-state index contributed by atoms with van der Waals surface area (Å²) in [5, 5.41) is 3.91. The Hall–Kier alpha value is -2.74. The van der Waals surface area contributed by atoms with Crippen molar-refractivity contribution in [2.45, 2.75) is 59.5 Å². The number of nitrogens with two attached hydrogens (primary N) is 1. The van der Waals surface area contributed by atoms with Gasteiger partial charge in [-0.2, -0.15) is 0 Å². The molecule has 3 N–H and O–H groups in total. The molecule has 0 aliphatic rings. The lowest BCUT2D eigenvalue weighted by molar-refractivity contribution is 0.0520. The second kappa shape index (κ2) is 9.45. The molecule has 2 rings (SSSR count). The van der Waals surface area contributed by atoms with Gasteiger partial charge in [-0.1, -0.05) is 43.9 Å². The predicted molar refractivity (Wildman–Crippen MR) is 115 cm³/mol. The molecule has 1 atom stereocenters. The number of benzene rings is 1. The van der Waals surface area contributed by atoms with Gasteiger partial charge >= 0.3 is 6.09 Å². The number of hydrogen-bond acceptors (Lipinski definition) is 4. The summed E-state index contributed by atoms with van der Waals surface area (Å²) in [6, 6.07) is 7.96. The van der Waals surface area contributed by atoms with Crippen LogP contribution in [0.15, 0.2) is 24.3 Å². The summed E-state index contributed by atoms with van der Waals surface area (Å²) in [7, 11) is 0. The molecule has 0 aliphatic heterocycles. The molecule has 1 heterocycles. The molecule has 5 nitrogen and oxygen atoms in total. The highest BCUT2D eigenvalue weighted by Crippen LogP contribution is 2.27. The number of para-hydroxylation sites is 1. The SMILES string of the molecule is CCCC#Cc1c(N)nc2ccccc2c1CC(C)CNC(=O)OC(C)(C)C. The number of carbonyl (C=O) groups excluding carboxylic acids is 1. The van der Waals surface area contributed by atoms with Crippen molar-refractivity contribution in [1.29, 1.82) is 0 Å². The van der Waals surface area contributed by atoms with Gasteiger partial charge in [0.15, 0.2) is 0 Å². The standard InChI is InChI=1S/C23H31N3O2/c1-6-7-8-12-18-19(17-11-9-10-13-20(17)26-21(18)24)14-16(2)15-25-22(27)28-23(3,4)5/h9-11,13,16H,6-7,14-15H2,1-5H3,(H2,24,26)(H,25,27). The quantitative estimate of drug-likeness (QED) is 0.738. The first-order valence-corrected chi connectivity index (χ1v) is 9.84. The van der Waals surface area contributed by atoms with Gasteiger partial charge < -0.3 is 15.8 Å². The van der Waals surface area contributed by atoms with Crippen LogP contribution in [-0.4, -0.2) is 23.2 Å². The molecule has 5 heteroatoms. The van der Waals surface area contributed by atoms with Gasteiger partial charge in [0.1, 0.15) is 11.4 Å². The van der Waals surface area contributed by atoms with Crippen molar-refractivity contribution in [3.63, 3.8) is 0 Å². The molecule has 1 aromatic heterocycles. The van der Waals surface area contributed by atoms with Gasteiger partial charge in [0.05, 0.1) is 11.1 Å². The first-order chi connectivity index (χ1) is 13.2. The van der Waals surface area contributed by atoms with Crippen LogP contribution in [0.2, 0.25) is 0 Å². The number of amides is 1. The number of aromatic nitrogens is 1.